The third kappa shape index (κ3) is 6.86. The first-order valence-electron chi connectivity index (χ1n) is 9.48. The van der Waals surface area contributed by atoms with Gasteiger partial charge in [-0.3, -0.25) is 0 Å². The van der Waals surface area contributed by atoms with Gasteiger partial charge in [-0.15, -0.1) is 24.0 Å². The van der Waals surface area contributed by atoms with Gasteiger partial charge in [0.25, 0.3) is 0 Å². The molecule has 3 aromatic rings. The number of aliphatic hydroxyl groups is 1. The lowest BCUT2D eigenvalue weighted by Crippen LogP contribution is -2.39. The third-order valence-electron chi connectivity index (χ3n) is 4.34. The molecule has 1 aromatic heterocycles. The molecule has 1 unspecified atom stereocenters. The van der Waals surface area contributed by atoms with Gasteiger partial charge < -0.3 is 20.2 Å². The maximum atomic E-state index is 9.72. The van der Waals surface area contributed by atoms with Crippen LogP contribution in [0.4, 0.5) is 0 Å². The van der Waals surface area contributed by atoms with E-state index in [0.29, 0.717) is 24.9 Å². The summed E-state index contributed by atoms with van der Waals surface area (Å²) >= 11 is 0. The Bertz CT molecular complexity index is 869. The minimum absolute atomic E-state index is 0. The van der Waals surface area contributed by atoms with Gasteiger partial charge in [0, 0.05) is 24.6 Å². The number of guanidine groups is 1. The molecule has 6 nitrogen and oxygen atoms in total. The first kappa shape index (κ1) is 22.9. The first-order valence-corrected chi connectivity index (χ1v) is 9.48. The van der Waals surface area contributed by atoms with E-state index in [-0.39, 0.29) is 36.5 Å². The molecule has 0 aliphatic carbocycles. The lowest BCUT2D eigenvalue weighted by molar-refractivity contribution is 0.265. The van der Waals surface area contributed by atoms with E-state index in [2.05, 4.69) is 20.6 Å². The highest BCUT2D eigenvalue weighted by Crippen LogP contribution is 2.20. The summed E-state index contributed by atoms with van der Waals surface area (Å²) < 4.78 is 5.80. The average molecular weight is 506 g/mol. The van der Waals surface area contributed by atoms with E-state index in [4.69, 9.17) is 4.42 Å². The van der Waals surface area contributed by atoms with E-state index in [1.165, 1.54) is 0 Å². The van der Waals surface area contributed by atoms with Crippen molar-refractivity contribution in [1.29, 1.82) is 0 Å². The molecule has 154 valence electrons. The van der Waals surface area contributed by atoms with E-state index in [1.54, 1.807) is 6.20 Å². The van der Waals surface area contributed by atoms with Crippen LogP contribution in [0.3, 0.4) is 0 Å². The Balaban J connectivity index is 0.00000300. The van der Waals surface area contributed by atoms with Crippen molar-refractivity contribution in [3.8, 4) is 11.3 Å². The second-order valence-corrected chi connectivity index (χ2v) is 6.35. The maximum Gasteiger partial charge on any atom is 0.216 e. The second-order valence-electron chi connectivity index (χ2n) is 6.35. The number of aliphatic imine (C=N–C) groups is 1. The zero-order valence-corrected chi connectivity index (χ0v) is 18.7. The van der Waals surface area contributed by atoms with Crippen molar-refractivity contribution >= 4 is 29.9 Å². The summed E-state index contributed by atoms with van der Waals surface area (Å²) in [6.45, 7) is 3.72. The number of oxazole rings is 1. The fourth-order valence-electron chi connectivity index (χ4n) is 2.84. The minimum Gasteiger partial charge on any atom is -0.439 e. The quantitative estimate of drug-likeness (QED) is 0.246. The third-order valence-corrected chi connectivity index (χ3v) is 4.34. The Labute approximate surface area is 188 Å². The van der Waals surface area contributed by atoms with Crippen molar-refractivity contribution in [2.45, 2.75) is 19.4 Å². The van der Waals surface area contributed by atoms with E-state index in [0.717, 1.165) is 23.4 Å². The Morgan fingerprint density at radius 2 is 1.76 bits per heavy atom. The SMILES string of the molecule is CCNC(=NCc1ncc(-c2ccccc2)o1)NCC(CO)c1ccccc1.I. The summed E-state index contributed by atoms with van der Waals surface area (Å²) in [7, 11) is 0. The van der Waals surface area contributed by atoms with Crippen LogP contribution in [0.25, 0.3) is 11.3 Å². The van der Waals surface area contributed by atoms with Gasteiger partial charge in [0.15, 0.2) is 11.7 Å². The van der Waals surface area contributed by atoms with Crippen LogP contribution in [-0.4, -0.2) is 35.7 Å². The molecule has 0 aliphatic heterocycles. The number of hydrogen-bond acceptors (Lipinski definition) is 4. The number of aliphatic hydroxyl groups excluding tert-OH is 1. The topological polar surface area (TPSA) is 82.7 Å². The molecule has 7 heteroatoms. The van der Waals surface area contributed by atoms with E-state index in [1.807, 2.05) is 67.6 Å². The maximum absolute atomic E-state index is 9.72. The van der Waals surface area contributed by atoms with Crippen LogP contribution in [0.15, 0.2) is 76.3 Å². The van der Waals surface area contributed by atoms with Gasteiger partial charge in [0.1, 0.15) is 6.54 Å². The van der Waals surface area contributed by atoms with Gasteiger partial charge in [0.2, 0.25) is 5.89 Å². The molecule has 0 saturated heterocycles. The highest BCUT2D eigenvalue weighted by atomic mass is 127. The number of nitrogens with zero attached hydrogens (tertiary/aromatic N) is 2. The number of benzene rings is 2. The molecule has 0 radical (unpaired) electrons. The molecule has 3 N–H and O–H groups in total. The number of nitrogens with one attached hydrogen (secondary N) is 2. The molecular formula is C22H27IN4O2. The lowest BCUT2D eigenvalue weighted by atomic mass is 10.0. The van der Waals surface area contributed by atoms with Crippen molar-refractivity contribution in [2.75, 3.05) is 19.7 Å². The number of rotatable bonds is 8. The Morgan fingerprint density at radius 1 is 1.07 bits per heavy atom. The van der Waals surface area contributed by atoms with Gasteiger partial charge in [-0.25, -0.2) is 9.98 Å². The fourth-order valence-corrected chi connectivity index (χ4v) is 2.84. The molecule has 0 spiro atoms. The summed E-state index contributed by atoms with van der Waals surface area (Å²) in [5.41, 5.74) is 2.08. The van der Waals surface area contributed by atoms with Crippen LogP contribution in [0, 0.1) is 0 Å². The van der Waals surface area contributed by atoms with Crippen molar-refractivity contribution in [2.24, 2.45) is 4.99 Å². The van der Waals surface area contributed by atoms with Crippen molar-refractivity contribution in [1.82, 2.24) is 15.6 Å². The standard InChI is InChI=1S/C22H26N4O2.HI/c1-2-23-22(25-13-19(16-27)17-9-5-3-6-10-17)26-15-21-24-14-20(28-21)18-11-7-4-8-12-18;/h3-12,14,19,27H,2,13,15-16H2,1H3,(H2,23,25,26);1H. The van der Waals surface area contributed by atoms with E-state index in [9.17, 15) is 5.11 Å². The van der Waals surface area contributed by atoms with Crippen molar-refractivity contribution in [3.63, 3.8) is 0 Å². The summed E-state index contributed by atoms with van der Waals surface area (Å²) in [6.07, 6.45) is 1.72. The molecule has 0 fully saturated rings. The van der Waals surface area contributed by atoms with Gasteiger partial charge in [0.05, 0.1) is 12.8 Å². The molecule has 2 aromatic carbocycles. The lowest BCUT2D eigenvalue weighted by Gasteiger charge is -2.17. The second kappa shape index (κ2) is 12.2. The van der Waals surface area contributed by atoms with Crippen molar-refractivity contribution in [3.05, 3.63) is 78.3 Å². The zero-order valence-electron chi connectivity index (χ0n) is 16.4. The zero-order chi connectivity index (χ0) is 19.6. The van der Waals surface area contributed by atoms with Gasteiger partial charge in [-0.2, -0.15) is 0 Å². The molecule has 0 amide bonds. The van der Waals surface area contributed by atoms with Crippen LogP contribution < -0.4 is 10.6 Å². The van der Waals surface area contributed by atoms with Crippen LogP contribution in [0.2, 0.25) is 0 Å². The smallest absolute Gasteiger partial charge is 0.216 e. The normalized spacial score (nSPS) is 12.1. The van der Waals surface area contributed by atoms with Crippen LogP contribution >= 0.6 is 24.0 Å². The molecule has 1 atom stereocenters. The monoisotopic (exact) mass is 506 g/mol. The van der Waals surface area contributed by atoms with Crippen LogP contribution in [-0.2, 0) is 6.54 Å². The van der Waals surface area contributed by atoms with Crippen LogP contribution in [0.1, 0.15) is 24.3 Å². The summed E-state index contributed by atoms with van der Waals surface area (Å²) in [6, 6.07) is 19.8. The summed E-state index contributed by atoms with van der Waals surface area (Å²) in [5.74, 6) is 1.94. The summed E-state index contributed by atoms with van der Waals surface area (Å²) in [4.78, 5) is 8.86. The molecule has 1 heterocycles. The van der Waals surface area contributed by atoms with Crippen molar-refractivity contribution < 1.29 is 9.52 Å². The molecule has 29 heavy (non-hydrogen) atoms. The summed E-state index contributed by atoms with van der Waals surface area (Å²) in [5, 5.41) is 16.2. The Kier molecular flexibility index (Phi) is 9.66. The number of aromatic nitrogens is 1. The largest absolute Gasteiger partial charge is 0.439 e. The number of hydrogen-bond donors (Lipinski definition) is 3. The van der Waals surface area contributed by atoms with Gasteiger partial charge in [-0.05, 0) is 12.5 Å². The van der Waals surface area contributed by atoms with Gasteiger partial charge >= 0.3 is 0 Å². The first-order chi connectivity index (χ1) is 13.8. The molecule has 3 rings (SSSR count). The number of halogens is 1. The molecular weight excluding hydrogens is 479 g/mol. The molecule has 0 aliphatic rings. The Morgan fingerprint density at radius 3 is 2.41 bits per heavy atom. The molecule has 0 bridgehead atoms. The highest BCUT2D eigenvalue weighted by Gasteiger charge is 2.11. The average Bonchev–Trinajstić information content (AvgIpc) is 3.23. The Hall–Kier alpha value is -2.39. The predicted molar refractivity (Wildman–Crippen MR) is 126 cm³/mol. The molecule has 0 saturated carbocycles. The predicted octanol–water partition coefficient (Wildman–Crippen LogP) is 3.79. The van der Waals surface area contributed by atoms with E-state index < -0.39 is 0 Å². The minimum atomic E-state index is -0.00326. The van der Waals surface area contributed by atoms with Gasteiger partial charge in [-0.1, -0.05) is 60.7 Å². The van der Waals surface area contributed by atoms with Crippen LogP contribution in [0.5, 0.6) is 0 Å². The highest BCUT2D eigenvalue weighted by molar-refractivity contribution is 14.0. The fraction of sp³-hybridized carbons (Fsp3) is 0.273. The van der Waals surface area contributed by atoms with E-state index >= 15 is 0 Å².